The van der Waals surface area contributed by atoms with Gasteiger partial charge in [0, 0.05) is 29.7 Å². The molecule has 0 fully saturated rings. The van der Waals surface area contributed by atoms with Crippen LogP contribution in [0.1, 0.15) is 41.5 Å². The first-order valence-corrected chi connectivity index (χ1v) is 9.92. The topological polar surface area (TPSA) is 62.8 Å². The molecule has 0 saturated carbocycles. The highest BCUT2D eigenvalue weighted by atomic mass is 16.3. The SMILES string of the molecule is Cc1ccc2c(c1)c1c3n2CCN(CC(=O)NN=Cc2ccco2)[C@@H]3CCC1. The van der Waals surface area contributed by atoms with Crippen molar-refractivity contribution in [3.63, 3.8) is 0 Å². The van der Waals surface area contributed by atoms with E-state index >= 15 is 0 Å². The highest BCUT2D eigenvalue weighted by molar-refractivity contribution is 5.87. The fourth-order valence-corrected chi connectivity index (χ4v) is 4.73. The lowest BCUT2D eigenvalue weighted by Gasteiger charge is -2.39. The maximum atomic E-state index is 12.4. The lowest BCUT2D eigenvalue weighted by Crippen LogP contribution is -2.44. The Morgan fingerprint density at radius 1 is 1.36 bits per heavy atom. The zero-order valence-electron chi connectivity index (χ0n) is 16.0. The van der Waals surface area contributed by atoms with Gasteiger partial charge in [-0.05, 0) is 56.0 Å². The minimum absolute atomic E-state index is 0.0877. The second-order valence-corrected chi connectivity index (χ2v) is 7.72. The number of fused-ring (bicyclic) bond motifs is 3. The van der Waals surface area contributed by atoms with Crippen LogP contribution in [-0.2, 0) is 17.8 Å². The molecule has 0 saturated heterocycles. The zero-order chi connectivity index (χ0) is 19.1. The fraction of sp³-hybridized carbons (Fsp3) is 0.364. The van der Waals surface area contributed by atoms with Crippen molar-refractivity contribution in [2.45, 2.75) is 38.8 Å². The summed E-state index contributed by atoms with van der Waals surface area (Å²) in [5.74, 6) is 0.533. The summed E-state index contributed by atoms with van der Waals surface area (Å²) in [5.41, 5.74) is 8.18. The predicted octanol–water partition coefficient (Wildman–Crippen LogP) is 3.39. The van der Waals surface area contributed by atoms with Crippen molar-refractivity contribution < 1.29 is 9.21 Å². The molecule has 6 nitrogen and oxygen atoms in total. The van der Waals surface area contributed by atoms with Gasteiger partial charge in [0.1, 0.15) is 5.76 Å². The molecule has 5 rings (SSSR count). The number of hydrogen-bond acceptors (Lipinski definition) is 4. The van der Waals surface area contributed by atoms with Crippen LogP contribution in [0.4, 0.5) is 0 Å². The van der Waals surface area contributed by atoms with Gasteiger partial charge in [0.05, 0.1) is 25.1 Å². The molecule has 3 heterocycles. The maximum absolute atomic E-state index is 12.4. The summed E-state index contributed by atoms with van der Waals surface area (Å²) in [6, 6.07) is 10.7. The predicted molar refractivity (Wildman–Crippen MR) is 108 cm³/mol. The van der Waals surface area contributed by atoms with Gasteiger partial charge in [-0.25, -0.2) is 5.43 Å². The number of hydrogen-bond donors (Lipinski definition) is 1. The Morgan fingerprint density at radius 2 is 2.29 bits per heavy atom. The lowest BCUT2D eigenvalue weighted by atomic mass is 9.89. The van der Waals surface area contributed by atoms with E-state index in [1.54, 1.807) is 18.4 Å². The van der Waals surface area contributed by atoms with Gasteiger partial charge >= 0.3 is 0 Å². The van der Waals surface area contributed by atoms with E-state index < -0.39 is 0 Å². The van der Waals surface area contributed by atoms with Crippen LogP contribution in [0, 0.1) is 6.92 Å². The summed E-state index contributed by atoms with van der Waals surface area (Å²) >= 11 is 0. The van der Waals surface area contributed by atoms with Crippen molar-refractivity contribution in [3.05, 3.63) is 59.2 Å². The number of rotatable bonds is 4. The third-order valence-corrected chi connectivity index (χ3v) is 5.91. The van der Waals surface area contributed by atoms with Crippen LogP contribution < -0.4 is 5.43 Å². The van der Waals surface area contributed by atoms with Gasteiger partial charge in [0.2, 0.25) is 0 Å². The Hall–Kier alpha value is -2.86. The minimum atomic E-state index is -0.0877. The third kappa shape index (κ3) is 2.94. The van der Waals surface area contributed by atoms with E-state index in [2.05, 4.69) is 45.1 Å². The van der Waals surface area contributed by atoms with Crippen LogP contribution in [-0.4, -0.2) is 34.7 Å². The van der Waals surface area contributed by atoms with Crippen LogP contribution >= 0.6 is 0 Å². The summed E-state index contributed by atoms with van der Waals surface area (Å²) in [4.78, 5) is 14.7. The van der Waals surface area contributed by atoms with Gasteiger partial charge in [-0.2, -0.15) is 5.10 Å². The number of hydrazone groups is 1. The molecule has 1 amide bonds. The second-order valence-electron chi connectivity index (χ2n) is 7.72. The van der Waals surface area contributed by atoms with E-state index in [1.165, 1.54) is 40.4 Å². The molecule has 144 valence electrons. The van der Waals surface area contributed by atoms with Crippen LogP contribution in [0.2, 0.25) is 0 Å². The van der Waals surface area contributed by atoms with Gasteiger partial charge in [-0.15, -0.1) is 0 Å². The Morgan fingerprint density at radius 3 is 3.14 bits per heavy atom. The van der Waals surface area contributed by atoms with E-state index in [1.807, 2.05) is 0 Å². The molecule has 0 spiro atoms. The molecule has 1 N–H and O–H groups in total. The largest absolute Gasteiger partial charge is 0.463 e. The van der Waals surface area contributed by atoms with Crippen molar-refractivity contribution in [2.24, 2.45) is 5.10 Å². The van der Waals surface area contributed by atoms with Crippen molar-refractivity contribution in [2.75, 3.05) is 13.1 Å². The van der Waals surface area contributed by atoms with E-state index in [0.29, 0.717) is 18.3 Å². The summed E-state index contributed by atoms with van der Waals surface area (Å²) in [6.07, 6.45) is 6.50. The first kappa shape index (κ1) is 17.3. The second kappa shape index (κ2) is 6.95. The first-order valence-electron chi connectivity index (χ1n) is 9.92. The van der Waals surface area contributed by atoms with Crippen LogP contribution in [0.25, 0.3) is 10.9 Å². The minimum Gasteiger partial charge on any atom is -0.463 e. The van der Waals surface area contributed by atoms with Gasteiger partial charge in [0.25, 0.3) is 5.91 Å². The van der Waals surface area contributed by atoms with E-state index in [-0.39, 0.29) is 5.91 Å². The molecule has 1 atom stereocenters. The van der Waals surface area contributed by atoms with E-state index in [4.69, 9.17) is 4.42 Å². The van der Waals surface area contributed by atoms with Gasteiger partial charge in [-0.3, -0.25) is 9.69 Å². The smallest absolute Gasteiger partial charge is 0.254 e. The van der Waals surface area contributed by atoms with E-state index in [9.17, 15) is 4.79 Å². The first-order chi connectivity index (χ1) is 13.7. The third-order valence-electron chi connectivity index (χ3n) is 5.91. The number of furan rings is 1. The van der Waals surface area contributed by atoms with Crippen LogP contribution in [0.5, 0.6) is 0 Å². The number of aromatic nitrogens is 1. The summed E-state index contributed by atoms with van der Waals surface area (Å²) < 4.78 is 7.67. The summed E-state index contributed by atoms with van der Waals surface area (Å²) in [7, 11) is 0. The quantitative estimate of drug-likeness (QED) is 0.561. The monoisotopic (exact) mass is 376 g/mol. The zero-order valence-corrected chi connectivity index (χ0v) is 16.0. The number of benzene rings is 1. The standard InChI is InChI=1S/C22H24N4O2/c1-15-7-8-19-18(12-15)17-5-2-6-20-22(17)26(19)10-9-25(20)14-21(27)24-23-13-16-4-3-11-28-16/h3-4,7-8,11-13,20H,2,5-6,9-10,14H2,1H3,(H,24,27)/t20-/m1/s1. The Balaban J connectivity index is 1.36. The van der Waals surface area contributed by atoms with Crippen molar-refractivity contribution >= 4 is 23.0 Å². The molecule has 0 bridgehead atoms. The van der Waals surface area contributed by atoms with Crippen molar-refractivity contribution in [1.82, 2.24) is 14.9 Å². The molecular weight excluding hydrogens is 352 g/mol. The lowest BCUT2D eigenvalue weighted by molar-refractivity contribution is -0.123. The Bertz CT molecular complexity index is 1050. The molecule has 0 radical (unpaired) electrons. The molecule has 2 aliphatic rings. The molecule has 6 heteroatoms. The molecule has 1 aromatic carbocycles. The molecule has 0 unspecified atom stereocenters. The fourth-order valence-electron chi connectivity index (χ4n) is 4.73. The highest BCUT2D eigenvalue weighted by Gasteiger charge is 2.35. The number of amides is 1. The van der Waals surface area contributed by atoms with Crippen molar-refractivity contribution in [3.8, 4) is 0 Å². The maximum Gasteiger partial charge on any atom is 0.254 e. The van der Waals surface area contributed by atoms with Crippen molar-refractivity contribution in [1.29, 1.82) is 0 Å². The van der Waals surface area contributed by atoms with Crippen LogP contribution in [0.15, 0.2) is 46.1 Å². The molecule has 3 aromatic rings. The van der Waals surface area contributed by atoms with Gasteiger partial charge < -0.3 is 8.98 Å². The molecule has 1 aliphatic heterocycles. The molecule has 1 aliphatic carbocycles. The Labute approximate surface area is 163 Å². The Kier molecular flexibility index (Phi) is 4.28. The molecule has 28 heavy (non-hydrogen) atoms. The normalized spacial score (nSPS) is 19.2. The van der Waals surface area contributed by atoms with Gasteiger partial charge in [0.15, 0.2) is 0 Å². The van der Waals surface area contributed by atoms with Crippen LogP contribution in [0.3, 0.4) is 0 Å². The average Bonchev–Trinajstić information content (AvgIpc) is 3.31. The highest BCUT2D eigenvalue weighted by Crippen LogP contribution is 2.42. The molecular formula is C22H24N4O2. The number of nitrogens with zero attached hydrogens (tertiary/aromatic N) is 3. The average molecular weight is 376 g/mol. The summed E-state index contributed by atoms with van der Waals surface area (Å²) in [6.45, 7) is 4.32. The van der Waals surface area contributed by atoms with Gasteiger partial charge in [-0.1, -0.05) is 11.6 Å². The summed E-state index contributed by atoms with van der Waals surface area (Å²) in [5, 5.41) is 5.40. The number of aryl methyl sites for hydroxylation is 2. The van der Waals surface area contributed by atoms with E-state index in [0.717, 1.165) is 25.9 Å². The number of nitrogens with one attached hydrogen (secondary N) is 1. The number of carbonyl (C=O) groups excluding carboxylic acids is 1. The molecule has 2 aromatic heterocycles. The number of carbonyl (C=O) groups is 1.